The van der Waals surface area contributed by atoms with Gasteiger partial charge in [0, 0.05) is 44.5 Å². The molecule has 3 heterocycles. The van der Waals surface area contributed by atoms with E-state index < -0.39 is 17.3 Å². The summed E-state index contributed by atoms with van der Waals surface area (Å²) in [5, 5.41) is 22.0. The van der Waals surface area contributed by atoms with Gasteiger partial charge >= 0.3 is 0 Å². The van der Waals surface area contributed by atoms with Crippen LogP contribution in [0.1, 0.15) is 48.3 Å². The van der Waals surface area contributed by atoms with Crippen molar-refractivity contribution in [2.75, 3.05) is 7.05 Å². The minimum absolute atomic E-state index is 0.0331. The number of hydrogen-bond acceptors (Lipinski definition) is 6. The van der Waals surface area contributed by atoms with E-state index in [2.05, 4.69) is 15.5 Å². The second kappa shape index (κ2) is 9.16. The summed E-state index contributed by atoms with van der Waals surface area (Å²) in [6.45, 7) is 4.55. The van der Waals surface area contributed by atoms with Crippen LogP contribution < -0.4 is 10.9 Å². The summed E-state index contributed by atoms with van der Waals surface area (Å²) in [5.41, 5.74) is 0.628. The van der Waals surface area contributed by atoms with Crippen molar-refractivity contribution in [1.82, 2.24) is 34.2 Å². The van der Waals surface area contributed by atoms with E-state index in [0.717, 1.165) is 18.5 Å². The summed E-state index contributed by atoms with van der Waals surface area (Å²) in [5.74, 6) is -1.30. The van der Waals surface area contributed by atoms with Crippen molar-refractivity contribution in [3.05, 3.63) is 51.7 Å². The number of carbonyl (C=O) groups is 2. The van der Waals surface area contributed by atoms with Crippen molar-refractivity contribution in [2.45, 2.75) is 45.8 Å². The monoisotopic (exact) mass is 467 g/mol. The summed E-state index contributed by atoms with van der Waals surface area (Å²) in [4.78, 5) is 40.1. The molecular weight excluding hydrogens is 438 g/mol. The normalized spacial score (nSPS) is 13.8. The van der Waals surface area contributed by atoms with Crippen LogP contribution in [-0.4, -0.2) is 58.9 Å². The molecule has 0 aliphatic heterocycles. The van der Waals surface area contributed by atoms with Gasteiger partial charge in [-0.25, -0.2) is 0 Å². The number of aryl methyl sites for hydroxylation is 1. The number of nitrogens with zero attached hydrogens (tertiary/aromatic N) is 6. The van der Waals surface area contributed by atoms with Crippen molar-refractivity contribution < 1.29 is 14.7 Å². The highest BCUT2D eigenvalue weighted by atomic mass is 16.3. The Morgan fingerprint density at radius 3 is 2.71 bits per heavy atom. The van der Waals surface area contributed by atoms with E-state index in [-0.39, 0.29) is 23.4 Å². The minimum Gasteiger partial charge on any atom is -0.492 e. The third-order valence-corrected chi connectivity index (χ3v) is 5.55. The molecule has 1 saturated carbocycles. The fourth-order valence-corrected chi connectivity index (χ4v) is 3.71. The minimum atomic E-state index is -0.608. The quantitative estimate of drug-likeness (QED) is 0.479. The number of likely N-dealkylation sites (N-methyl/N-ethyl adjacent to an activating group) is 1. The topological polar surface area (TPSA) is 127 Å². The lowest BCUT2D eigenvalue weighted by atomic mass is 10.2. The summed E-state index contributed by atoms with van der Waals surface area (Å²) in [6.07, 6.45) is 7.91. The molecule has 3 aromatic rings. The molecule has 0 saturated heterocycles. The molecule has 180 valence electrons. The van der Waals surface area contributed by atoms with E-state index in [1.807, 2.05) is 33.2 Å². The highest BCUT2D eigenvalue weighted by Gasteiger charge is 2.29. The number of nitrogens with one attached hydrogen (secondary N) is 1. The number of aromatic nitrogens is 5. The first-order valence-corrected chi connectivity index (χ1v) is 11.2. The molecule has 1 aliphatic carbocycles. The average molecular weight is 468 g/mol. The molecule has 1 aliphatic rings. The van der Waals surface area contributed by atoms with Crippen molar-refractivity contribution in [3.63, 3.8) is 0 Å². The van der Waals surface area contributed by atoms with Crippen LogP contribution in [0.2, 0.25) is 0 Å². The van der Waals surface area contributed by atoms with Crippen LogP contribution in [0.4, 0.5) is 0 Å². The summed E-state index contributed by atoms with van der Waals surface area (Å²) >= 11 is 0. The zero-order valence-corrected chi connectivity index (χ0v) is 19.7. The van der Waals surface area contributed by atoms with Gasteiger partial charge in [-0.1, -0.05) is 13.8 Å². The van der Waals surface area contributed by atoms with Gasteiger partial charge in [0.1, 0.15) is 5.65 Å². The van der Waals surface area contributed by atoms with Crippen LogP contribution in [0.5, 0.6) is 5.88 Å². The number of rotatable bonds is 8. The maximum absolute atomic E-state index is 13.3. The highest BCUT2D eigenvalue weighted by molar-refractivity contribution is 5.97. The Morgan fingerprint density at radius 2 is 2.09 bits per heavy atom. The number of carbonyl (C=O) groups excluding carboxylic acids is 2. The van der Waals surface area contributed by atoms with E-state index in [1.165, 1.54) is 26.3 Å². The highest BCUT2D eigenvalue weighted by Crippen LogP contribution is 2.23. The Bertz CT molecular complexity index is 1330. The van der Waals surface area contributed by atoms with Gasteiger partial charge in [0.2, 0.25) is 11.8 Å². The molecular formula is C23H29N7O4. The maximum atomic E-state index is 13.3. The Kier molecular flexibility index (Phi) is 6.27. The van der Waals surface area contributed by atoms with E-state index in [9.17, 15) is 19.5 Å². The van der Waals surface area contributed by atoms with E-state index in [4.69, 9.17) is 0 Å². The van der Waals surface area contributed by atoms with Crippen LogP contribution in [-0.2, 0) is 24.9 Å². The lowest BCUT2D eigenvalue weighted by molar-refractivity contribution is -0.125. The Hall–Kier alpha value is -3.89. The number of hydrogen-bond donors (Lipinski definition) is 2. The predicted molar refractivity (Wildman–Crippen MR) is 125 cm³/mol. The zero-order valence-electron chi connectivity index (χ0n) is 19.7. The van der Waals surface area contributed by atoms with Crippen molar-refractivity contribution in [1.29, 1.82) is 0 Å². The molecule has 0 unspecified atom stereocenters. The smallest absolute Gasteiger partial charge is 0.270 e. The van der Waals surface area contributed by atoms with Gasteiger partial charge in [0.15, 0.2) is 5.56 Å². The lowest BCUT2D eigenvalue weighted by Crippen LogP contribution is -2.36. The van der Waals surface area contributed by atoms with Crippen LogP contribution in [0.3, 0.4) is 0 Å². The van der Waals surface area contributed by atoms with Gasteiger partial charge in [0.25, 0.3) is 11.5 Å². The van der Waals surface area contributed by atoms with Crippen LogP contribution >= 0.6 is 0 Å². The zero-order chi connectivity index (χ0) is 24.6. The Morgan fingerprint density at radius 1 is 1.35 bits per heavy atom. The van der Waals surface area contributed by atoms with E-state index in [1.54, 1.807) is 17.8 Å². The van der Waals surface area contributed by atoms with Crippen molar-refractivity contribution in [3.8, 4) is 5.88 Å². The second-order valence-corrected chi connectivity index (χ2v) is 9.10. The summed E-state index contributed by atoms with van der Waals surface area (Å²) in [7, 11) is 3.48. The largest absolute Gasteiger partial charge is 0.492 e. The van der Waals surface area contributed by atoms with Crippen molar-refractivity contribution in [2.24, 2.45) is 13.0 Å². The average Bonchev–Trinajstić information content (AvgIpc) is 3.32. The molecule has 0 aromatic carbocycles. The molecule has 2 N–H and O–H groups in total. The molecule has 0 bridgehead atoms. The molecule has 0 spiro atoms. The summed E-state index contributed by atoms with van der Waals surface area (Å²) < 4.78 is 4.27. The first kappa shape index (κ1) is 23.3. The molecule has 34 heavy (non-hydrogen) atoms. The van der Waals surface area contributed by atoms with Gasteiger partial charge in [-0.15, -0.1) is 0 Å². The van der Waals surface area contributed by atoms with Gasteiger partial charge < -0.3 is 15.3 Å². The molecule has 0 radical (unpaired) electrons. The molecule has 11 heteroatoms. The Labute approximate surface area is 196 Å². The fourth-order valence-electron chi connectivity index (χ4n) is 3.71. The standard InChI is InChI=1S/C23H29N7O4/c1-14(2)12-29-21-15(5-8-18(31)27(3)13-17-9-10-28(4)26-17)11-24-30(21)23(34)19(22(29)33)20(32)25-16-6-7-16/h5,8-11,14,16,34H,6-7,12-13H2,1-4H3,(H,25,32)/b8-5+. The van der Waals surface area contributed by atoms with Gasteiger partial charge in [-0.3, -0.25) is 23.6 Å². The maximum Gasteiger partial charge on any atom is 0.270 e. The molecule has 11 nitrogen and oxygen atoms in total. The van der Waals surface area contributed by atoms with E-state index >= 15 is 0 Å². The fraction of sp³-hybridized carbons (Fsp3) is 0.435. The summed E-state index contributed by atoms with van der Waals surface area (Å²) in [6, 6.07) is 1.87. The molecule has 0 atom stereocenters. The third-order valence-electron chi connectivity index (χ3n) is 5.55. The van der Waals surface area contributed by atoms with Crippen LogP contribution in [0.15, 0.2) is 29.3 Å². The lowest BCUT2D eigenvalue weighted by Gasteiger charge is -2.15. The van der Waals surface area contributed by atoms with E-state index in [0.29, 0.717) is 24.3 Å². The van der Waals surface area contributed by atoms with Crippen LogP contribution in [0, 0.1) is 5.92 Å². The van der Waals surface area contributed by atoms with Crippen LogP contribution in [0.25, 0.3) is 11.7 Å². The number of amides is 2. The van der Waals surface area contributed by atoms with Gasteiger partial charge in [-0.2, -0.15) is 14.7 Å². The first-order valence-electron chi connectivity index (χ1n) is 11.2. The third kappa shape index (κ3) is 4.73. The SMILES string of the molecule is CC(C)Cn1c(=O)c(C(=O)NC2CC2)c(O)n2ncc(/C=C/C(=O)N(C)Cc3ccn(C)n3)c12. The molecule has 1 fully saturated rings. The molecule has 2 amide bonds. The Balaban J connectivity index is 1.68. The first-order chi connectivity index (χ1) is 16.2. The second-order valence-electron chi connectivity index (χ2n) is 9.10. The predicted octanol–water partition coefficient (Wildman–Crippen LogP) is 1.16. The van der Waals surface area contributed by atoms with Gasteiger partial charge in [-0.05, 0) is 30.9 Å². The van der Waals surface area contributed by atoms with Gasteiger partial charge in [0.05, 0.1) is 18.4 Å². The van der Waals surface area contributed by atoms with Crippen molar-refractivity contribution >= 4 is 23.5 Å². The number of aromatic hydroxyl groups is 1. The number of fused-ring (bicyclic) bond motifs is 1. The molecule has 4 rings (SSSR count). The molecule has 3 aromatic heterocycles.